The predicted molar refractivity (Wildman–Crippen MR) is 81.9 cm³/mol. The second kappa shape index (κ2) is 5.34. The molecule has 3 aromatic rings. The van der Waals surface area contributed by atoms with Crippen molar-refractivity contribution < 1.29 is 4.79 Å². The number of carbonyl (C=O) groups is 1. The molecule has 23 heavy (non-hydrogen) atoms. The van der Waals surface area contributed by atoms with Crippen LogP contribution in [0.4, 0.5) is 10.5 Å². The van der Waals surface area contributed by atoms with Crippen LogP contribution in [0.1, 0.15) is 23.9 Å². The summed E-state index contributed by atoms with van der Waals surface area (Å²) in [5, 5.41) is 18.1. The fourth-order valence-corrected chi connectivity index (χ4v) is 2.78. The average Bonchev–Trinajstić information content (AvgIpc) is 3.20. The molecule has 0 atom stereocenters. The van der Waals surface area contributed by atoms with Crippen molar-refractivity contribution in [2.24, 2.45) is 0 Å². The molecule has 9 heteroatoms. The molecule has 0 unspecified atom stereocenters. The Bertz CT molecular complexity index is 880. The normalized spacial score (nSPS) is 13.3. The first-order valence-electron chi connectivity index (χ1n) is 7.48. The number of hydrogen-bond donors (Lipinski definition) is 2. The molecule has 0 saturated heterocycles. The summed E-state index contributed by atoms with van der Waals surface area (Å²) in [4.78, 5) is 16.4. The van der Waals surface area contributed by atoms with Gasteiger partial charge in [-0.2, -0.15) is 5.10 Å². The Balaban J connectivity index is 1.45. The van der Waals surface area contributed by atoms with Gasteiger partial charge in [0.2, 0.25) is 0 Å². The van der Waals surface area contributed by atoms with E-state index in [1.807, 2.05) is 13.0 Å². The Labute approximate surface area is 131 Å². The lowest BCUT2D eigenvalue weighted by Crippen LogP contribution is -2.29. The maximum atomic E-state index is 12.1. The van der Waals surface area contributed by atoms with E-state index >= 15 is 0 Å². The van der Waals surface area contributed by atoms with Gasteiger partial charge < -0.3 is 15.2 Å². The summed E-state index contributed by atoms with van der Waals surface area (Å²) in [6.45, 7) is 3.07. The van der Waals surface area contributed by atoms with Crippen molar-refractivity contribution in [1.29, 1.82) is 0 Å². The minimum atomic E-state index is -0.311. The van der Waals surface area contributed by atoms with Crippen LogP contribution >= 0.6 is 0 Å². The molecule has 1 aliphatic heterocycles. The van der Waals surface area contributed by atoms with E-state index in [1.54, 1.807) is 16.8 Å². The molecule has 0 aliphatic carbocycles. The molecule has 0 radical (unpaired) electrons. The molecule has 2 amide bonds. The predicted octanol–water partition coefficient (Wildman–Crippen LogP) is 0.897. The molecule has 3 aromatic heterocycles. The number of anilines is 1. The van der Waals surface area contributed by atoms with Crippen LogP contribution < -0.4 is 10.6 Å². The molecule has 0 saturated carbocycles. The van der Waals surface area contributed by atoms with Crippen molar-refractivity contribution in [3.05, 3.63) is 35.8 Å². The van der Waals surface area contributed by atoms with E-state index in [4.69, 9.17) is 0 Å². The zero-order chi connectivity index (χ0) is 15.8. The number of aromatic nitrogens is 6. The van der Waals surface area contributed by atoms with Crippen LogP contribution in [0.3, 0.4) is 0 Å². The molecule has 4 heterocycles. The summed E-state index contributed by atoms with van der Waals surface area (Å²) in [6, 6.07) is 3.29. The van der Waals surface area contributed by atoms with Crippen LogP contribution in [0, 0.1) is 6.92 Å². The zero-order valence-electron chi connectivity index (χ0n) is 12.7. The van der Waals surface area contributed by atoms with Crippen molar-refractivity contribution in [3.8, 4) is 0 Å². The quantitative estimate of drug-likeness (QED) is 0.748. The Morgan fingerprint density at radius 1 is 1.39 bits per heavy atom. The van der Waals surface area contributed by atoms with Crippen molar-refractivity contribution in [2.75, 3.05) is 5.32 Å². The van der Waals surface area contributed by atoms with Crippen molar-refractivity contribution in [1.82, 2.24) is 34.7 Å². The van der Waals surface area contributed by atoms with Crippen LogP contribution in [0.25, 0.3) is 5.65 Å². The third kappa shape index (κ3) is 2.50. The van der Waals surface area contributed by atoms with Crippen LogP contribution in [-0.4, -0.2) is 35.4 Å². The highest BCUT2D eigenvalue weighted by molar-refractivity contribution is 5.92. The highest BCUT2D eigenvalue weighted by atomic mass is 16.2. The number of fused-ring (bicyclic) bond motifs is 2. The second-order valence-corrected chi connectivity index (χ2v) is 5.44. The third-order valence-corrected chi connectivity index (χ3v) is 3.81. The topological polar surface area (TPSA) is 102 Å². The van der Waals surface area contributed by atoms with Gasteiger partial charge in [-0.25, -0.2) is 14.3 Å². The molecule has 0 aromatic carbocycles. The molecule has 118 valence electrons. The van der Waals surface area contributed by atoms with Gasteiger partial charge >= 0.3 is 6.03 Å². The average molecular weight is 312 g/mol. The van der Waals surface area contributed by atoms with E-state index in [1.165, 1.54) is 0 Å². The Morgan fingerprint density at radius 2 is 2.30 bits per heavy atom. The van der Waals surface area contributed by atoms with Gasteiger partial charge in [0.15, 0.2) is 11.5 Å². The molecular formula is C14H16N8O. The minimum Gasteiger partial charge on any atom is -0.331 e. The van der Waals surface area contributed by atoms with E-state index in [0.29, 0.717) is 23.7 Å². The molecule has 0 fully saturated rings. The summed E-state index contributed by atoms with van der Waals surface area (Å²) in [5.74, 6) is 2.42. The lowest BCUT2D eigenvalue weighted by Gasteiger charge is -2.08. The van der Waals surface area contributed by atoms with Crippen molar-refractivity contribution in [3.63, 3.8) is 0 Å². The number of amides is 2. The third-order valence-electron chi connectivity index (χ3n) is 3.81. The Kier molecular flexibility index (Phi) is 3.18. The first-order valence-corrected chi connectivity index (χ1v) is 7.48. The first-order chi connectivity index (χ1) is 11.2. The summed E-state index contributed by atoms with van der Waals surface area (Å²) >= 11 is 0. The van der Waals surface area contributed by atoms with E-state index in [9.17, 15) is 4.79 Å². The molecular weight excluding hydrogens is 296 g/mol. The number of rotatable bonds is 3. The Morgan fingerprint density at radius 3 is 3.22 bits per heavy atom. The van der Waals surface area contributed by atoms with Crippen LogP contribution in [0.15, 0.2) is 18.3 Å². The standard InChI is InChI=1S/C14H16N8O/c1-9-16-13-10(4-2-7-22(13)20-9)17-14(23)15-8-12-19-18-11-5-3-6-21(11)12/h2,4,7H,3,5-6,8H2,1H3,(H2,15,17,23). The van der Waals surface area contributed by atoms with Gasteiger partial charge in [-0.05, 0) is 25.5 Å². The van der Waals surface area contributed by atoms with Crippen LogP contribution in [0.2, 0.25) is 0 Å². The maximum Gasteiger partial charge on any atom is 0.319 e. The summed E-state index contributed by atoms with van der Waals surface area (Å²) in [5.41, 5.74) is 1.22. The number of carbonyl (C=O) groups excluding carboxylic acids is 1. The van der Waals surface area contributed by atoms with Crippen LogP contribution in [0.5, 0.6) is 0 Å². The Hall–Kier alpha value is -2.97. The number of nitrogens with zero attached hydrogens (tertiary/aromatic N) is 6. The number of urea groups is 1. The van der Waals surface area contributed by atoms with Crippen molar-refractivity contribution >= 4 is 17.4 Å². The molecule has 0 bridgehead atoms. The summed E-state index contributed by atoms with van der Waals surface area (Å²) < 4.78 is 3.69. The molecule has 0 spiro atoms. The first kappa shape index (κ1) is 13.7. The maximum absolute atomic E-state index is 12.1. The van der Waals surface area contributed by atoms with Gasteiger partial charge in [-0.3, -0.25) is 0 Å². The largest absolute Gasteiger partial charge is 0.331 e. The fraction of sp³-hybridized carbons (Fsp3) is 0.357. The van der Waals surface area contributed by atoms with Crippen LogP contribution in [-0.2, 0) is 19.5 Å². The van der Waals surface area contributed by atoms with E-state index in [0.717, 1.165) is 31.0 Å². The number of hydrogen-bond acceptors (Lipinski definition) is 5. The molecule has 2 N–H and O–H groups in total. The minimum absolute atomic E-state index is 0.311. The highest BCUT2D eigenvalue weighted by Gasteiger charge is 2.17. The SMILES string of the molecule is Cc1nc2c(NC(=O)NCc3nnc4n3CCC4)cccn2n1. The highest BCUT2D eigenvalue weighted by Crippen LogP contribution is 2.15. The molecule has 1 aliphatic rings. The smallest absolute Gasteiger partial charge is 0.319 e. The number of nitrogens with one attached hydrogen (secondary N) is 2. The van der Waals surface area contributed by atoms with E-state index in [2.05, 4.69) is 35.5 Å². The van der Waals surface area contributed by atoms with E-state index in [-0.39, 0.29) is 6.03 Å². The van der Waals surface area contributed by atoms with Gasteiger partial charge in [-0.15, -0.1) is 10.2 Å². The van der Waals surface area contributed by atoms with Gasteiger partial charge in [0.1, 0.15) is 11.6 Å². The van der Waals surface area contributed by atoms with Gasteiger partial charge in [0, 0.05) is 19.2 Å². The lowest BCUT2D eigenvalue weighted by molar-refractivity contribution is 0.251. The zero-order valence-corrected chi connectivity index (χ0v) is 12.7. The number of pyridine rings is 1. The fourth-order valence-electron chi connectivity index (χ4n) is 2.78. The van der Waals surface area contributed by atoms with Gasteiger partial charge in [-0.1, -0.05) is 0 Å². The summed E-state index contributed by atoms with van der Waals surface area (Å²) in [7, 11) is 0. The monoisotopic (exact) mass is 312 g/mol. The van der Waals surface area contributed by atoms with E-state index < -0.39 is 0 Å². The molecule has 4 rings (SSSR count). The summed E-state index contributed by atoms with van der Waals surface area (Å²) in [6.07, 6.45) is 3.82. The van der Waals surface area contributed by atoms with Gasteiger partial charge in [0.05, 0.1) is 12.2 Å². The van der Waals surface area contributed by atoms with Crippen molar-refractivity contribution in [2.45, 2.75) is 32.9 Å². The van der Waals surface area contributed by atoms with Gasteiger partial charge in [0.25, 0.3) is 0 Å². The second-order valence-electron chi connectivity index (χ2n) is 5.44. The molecule has 9 nitrogen and oxygen atoms in total. The number of aryl methyl sites for hydroxylation is 2. The lowest BCUT2D eigenvalue weighted by atomic mass is 10.4.